The van der Waals surface area contributed by atoms with E-state index < -0.39 is 15.1 Å². The molecule has 1 heterocycles. The predicted molar refractivity (Wildman–Crippen MR) is 80.6 cm³/mol. The second kappa shape index (κ2) is 6.71. The Morgan fingerprint density at radius 1 is 1.30 bits per heavy atom. The molecule has 0 amide bonds. The van der Waals surface area contributed by atoms with Crippen molar-refractivity contribution in [3.05, 3.63) is 23.8 Å². The predicted octanol–water partition coefficient (Wildman–Crippen LogP) is 2.22. The van der Waals surface area contributed by atoms with Gasteiger partial charge in [-0.05, 0) is 23.7 Å². The van der Waals surface area contributed by atoms with Crippen LogP contribution < -0.4 is 9.92 Å². The van der Waals surface area contributed by atoms with Gasteiger partial charge in [-0.25, -0.2) is 0 Å². The summed E-state index contributed by atoms with van der Waals surface area (Å²) in [7, 11) is 1.62. The first-order valence-electron chi connectivity index (χ1n) is 7.13. The summed E-state index contributed by atoms with van der Waals surface area (Å²) in [5.74, 6) is 0.419. The molecule has 5 heteroatoms. The Labute approximate surface area is 122 Å². The van der Waals surface area contributed by atoms with Gasteiger partial charge in [-0.1, -0.05) is 19.4 Å². The highest BCUT2D eigenvalue weighted by molar-refractivity contribution is 6.61. The standard InChI is InChI=1S/C15H24O4Si/c1-5-6-9-15(2)18-11-12-10-13(20(16-3)17-4)7-8-14(12)19-15/h7-8,10,20H,5-6,9,11H2,1-4H3. The third-order valence-electron chi connectivity index (χ3n) is 3.63. The molecule has 0 bridgehead atoms. The lowest BCUT2D eigenvalue weighted by atomic mass is 10.1. The lowest BCUT2D eigenvalue weighted by molar-refractivity contribution is -0.197. The van der Waals surface area contributed by atoms with Crippen LogP contribution in [0.5, 0.6) is 5.75 Å². The Kier molecular flexibility index (Phi) is 5.21. The smallest absolute Gasteiger partial charge is 0.355 e. The molecule has 0 radical (unpaired) electrons. The molecule has 1 aliphatic rings. The topological polar surface area (TPSA) is 36.9 Å². The van der Waals surface area contributed by atoms with Crippen molar-refractivity contribution >= 4 is 14.5 Å². The Hall–Kier alpha value is -0.883. The molecule has 112 valence electrons. The van der Waals surface area contributed by atoms with E-state index in [1.165, 1.54) is 0 Å². The molecular weight excluding hydrogens is 272 g/mol. The average Bonchev–Trinajstić information content (AvgIpc) is 2.47. The average molecular weight is 296 g/mol. The molecule has 0 aliphatic carbocycles. The number of unbranched alkanes of at least 4 members (excludes halogenated alkanes) is 1. The van der Waals surface area contributed by atoms with Gasteiger partial charge in [0.05, 0.1) is 6.61 Å². The van der Waals surface area contributed by atoms with Crippen LogP contribution in [0.15, 0.2) is 18.2 Å². The lowest BCUT2D eigenvalue weighted by Crippen LogP contribution is -2.40. The number of benzene rings is 1. The Bertz CT molecular complexity index is 447. The molecule has 0 N–H and O–H groups in total. The first-order valence-corrected chi connectivity index (χ1v) is 8.65. The molecular formula is C15H24O4Si. The molecule has 0 fully saturated rings. The highest BCUT2D eigenvalue weighted by atomic mass is 28.3. The van der Waals surface area contributed by atoms with E-state index >= 15 is 0 Å². The first kappa shape index (κ1) is 15.5. The SMILES string of the molecule is CCCCC1(C)OCc2cc([SiH](OC)OC)ccc2O1. The first-order chi connectivity index (χ1) is 9.61. The largest absolute Gasteiger partial charge is 0.462 e. The van der Waals surface area contributed by atoms with Gasteiger partial charge in [-0.2, -0.15) is 0 Å². The summed E-state index contributed by atoms with van der Waals surface area (Å²) in [6.07, 6.45) is 3.16. The van der Waals surface area contributed by atoms with Gasteiger partial charge in [0.15, 0.2) is 0 Å². The summed E-state index contributed by atoms with van der Waals surface area (Å²) in [6.45, 7) is 4.77. The highest BCUT2D eigenvalue weighted by Crippen LogP contribution is 2.33. The van der Waals surface area contributed by atoms with Gasteiger partial charge >= 0.3 is 9.28 Å². The second-order valence-corrected chi connectivity index (χ2v) is 7.57. The van der Waals surface area contributed by atoms with E-state index in [4.69, 9.17) is 18.3 Å². The van der Waals surface area contributed by atoms with Crippen LogP contribution in [-0.2, 0) is 20.2 Å². The van der Waals surface area contributed by atoms with E-state index in [2.05, 4.69) is 13.0 Å². The van der Waals surface area contributed by atoms with Crippen LogP contribution in [0.25, 0.3) is 0 Å². The van der Waals surface area contributed by atoms with Gasteiger partial charge < -0.3 is 18.3 Å². The van der Waals surface area contributed by atoms with Crippen molar-refractivity contribution in [1.29, 1.82) is 0 Å². The van der Waals surface area contributed by atoms with E-state index in [1.807, 2.05) is 19.1 Å². The van der Waals surface area contributed by atoms with Crippen molar-refractivity contribution in [2.24, 2.45) is 0 Å². The van der Waals surface area contributed by atoms with Crippen molar-refractivity contribution in [3.8, 4) is 5.75 Å². The Morgan fingerprint density at radius 2 is 2.05 bits per heavy atom. The molecule has 0 spiro atoms. The maximum atomic E-state index is 6.04. The molecule has 20 heavy (non-hydrogen) atoms. The molecule has 1 aliphatic heterocycles. The van der Waals surface area contributed by atoms with Crippen LogP contribution in [0.4, 0.5) is 0 Å². The number of fused-ring (bicyclic) bond motifs is 1. The number of hydrogen-bond donors (Lipinski definition) is 0. The number of ether oxygens (including phenoxy) is 2. The van der Waals surface area contributed by atoms with Gasteiger partial charge in [0.1, 0.15) is 5.75 Å². The van der Waals surface area contributed by atoms with Gasteiger partial charge in [0, 0.05) is 33.1 Å². The van der Waals surface area contributed by atoms with Crippen molar-refractivity contribution < 1.29 is 18.3 Å². The quantitative estimate of drug-likeness (QED) is 0.754. The summed E-state index contributed by atoms with van der Waals surface area (Å²) in [6, 6.07) is 6.13. The van der Waals surface area contributed by atoms with Crippen LogP contribution in [0.2, 0.25) is 0 Å². The minimum Gasteiger partial charge on any atom is -0.462 e. The molecule has 0 aromatic heterocycles. The van der Waals surface area contributed by atoms with Gasteiger partial charge in [-0.3, -0.25) is 0 Å². The van der Waals surface area contributed by atoms with E-state index in [1.54, 1.807) is 14.2 Å². The maximum absolute atomic E-state index is 6.04. The fourth-order valence-corrected chi connectivity index (χ4v) is 3.77. The molecule has 0 saturated carbocycles. The zero-order valence-corrected chi connectivity index (χ0v) is 13.9. The molecule has 1 aromatic carbocycles. The summed E-state index contributed by atoms with van der Waals surface area (Å²) in [5.41, 5.74) is 1.07. The van der Waals surface area contributed by atoms with Gasteiger partial charge in [0.25, 0.3) is 0 Å². The monoisotopic (exact) mass is 296 g/mol. The van der Waals surface area contributed by atoms with Crippen LogP contribution in [0.3, 0.4) is 0 Å². The van der Waals surface area contributed by atoms with Gasteiger partial charge in [0.2, 0.25) is 5.79 Å². The summed E-state index contributed by atoms with van der Waals surface area (Å²) in [4.78, 5) is 0. The van der Waals surface area contributed by atoms with E-state index in [-0.39, 0.29) is 0 Å². The molecule has 1 aromatic rings. The minimum atomic E-state index is -1.76. The number of rotatable bonds is 6. The Morgan fingerprint density at radius 3 is 2.70 bits per heavy atom. The molecule has 1 atom stereocenters. The second-order valence-electron chi connectivity index (χ2n) is 5.30. The normalized spacial score (nSPS) is 21.6. The van der Waals surface area contributed by atoms with Crippen LogP contribution in [-0.4, -0.2) is 29.3 Å². The minimum absolute atomic E-state index is 0.496. The molecule has 4 nitrogen and oxygen atoms in total. The lowest BCUT2D eigenvalue weighted by Gasteiger charge is -2.36. The van der Waals surface area contributed by atoms with Crippen LogP contribution in [0.1, 0.15) is 38.7 Å². The van der Waals surface area contributed by atoms with E-state index in [0.717, 1.165) is 35.8 Å². The van der Waals surface area contributed by atoms with Crippen molar-refractivity contribution in [2.45, 2.75) is 45.5 Å². The number of hydrogen-bond acceptors (Lipinski definition) is 4. The third kappa shape index (κ3) is 3.41. The third-order valence-corrected chi connectivity index (χ3v) is 5.39. The van der Waals surface area contributed by atoms with Gasteiger partial charge in [-0.15, -0.1) is 0 Å². The van der Waals surface area contributed by atoms with E-state index in [9.17, 15) is 0 Å². The van der Waals surface area contributed by atoms with Crippen molar-refractivity contribution in [1.82, 2.24) is 0 Å². The zero-order valence-electron chi connectivity index (χ0n) is 12.8. The van der Waals surface area contributed by atoms with Crippen molar-refractivity contribution in [3.63, 3.8) is 0 Å². The fraction of sp³-hybridized carbons (Fsp3) is 0.600. The van der Waals surface area contributed by atoms with Crippen molar-refractivity contribution in [2.75, 3.05) is 14.2 Å². The summed E-state index contributed by atoms with van der Waals surface area (Å²) in [5, 5.41) is 1.11. The molecule has 1 unspecified atom stereocenters. The molecule has 2 rings (SSSR count). The summed E-state index contributed by atoms with van der Waals surface area (Å²) >= 11 is 0. The van der Waals surface area contributed by atoms with E-state index in [0.29, 0.717) is 6.61 Å². The maximum Gasteiger partial charge on any atom is 0.355 e. The van der Waals surface area contributed by atoms with Crippen LogP contribution in [0, 0.1) is 0 Å². The van der Waals surface area contributed by atoms with Crippen LogP contribution >= 0.6 is 0 Å². The zero-order chi connectivity index (χ0) is 14.6. The Balaban J connectivity index is 2.15. The summed E-state index contributed by atoms with van der Waals surface area (Å²) < 4.78 is 22.8. The highest BCUT2D eigenvalue weighted by Gasteiger charge is 2.32. The fourth-order valence-electron chi connectivity index (χ4n) is 2.44. The molecule has 0 saturated heterocycles.